The van der Waals surface area contributed by atoms with Gasteiger partial charge < -0.3 is 5.11 Å². The van der Waals surface area contributed by atoms with Crippen LogP contribution >= 0.6 is 22.9 Å². The van der Waals surface area contributed by atoms with E-state index in [1.807, 2.05) is 12.3 Å². The zero-order valence-corrected chi connectivity index (χ0v) is 15.9. The van der Waals surface area contributed by atoms with Crippen LogP contribution in [-0.2, 0) is 12.8 Å². The van der Waals surface area contributed by atoms with E-state index in [0.717, 1.165) is 17.7 Å². The van der Waals surface area contributed by atoms with E-state index in [0.29, 0.717) is 21.4 Å². The lowest BCUT2D eigenvalue weighted by Crippen LogP contribution is -2.00. The molecule has 2 aromatic carbocycles. The van der Waals surface area contributed by atoms with E-state index in [9.17, 15) is 5.11 Å². The summed E-state index contributed by atoms with van der Waals surface area (Å²) in [6, 6.07) is 11.5. The van der Waals surface area contributed by atoms with E-state index in [1.165, 1.54) is 35.3 Å². The van der Waals surface area contributed by atoms with Crippen molar-refractivity contribution in [3.63, 3.8) is 0 Å². The first-order valence-electron chi connectivity index (χ1n) is 8.47. The third-order valence-corrected chi connectivity index (χ3v) is 5.56. The van der Waals surface area contributed by atoms with E-state index < -0.39 is 0 Å². The van der Waals surface area contributed by atoms with Crippen LogP contribution in [-0.4, -0.2) is 15.8 Å². The zero-order chi connectivity index (χ0) is 18.1. The lowest BCUT2D eigenvalue weighted by Gasteiger charge is -2.05. The summed E-state index contributed by atoms with van der Waals surface area (Å²) in [7, 11) is 0. The molecule has 0 atom stereocenters. The van der Waals surface area contributed by atoms with Crippen LogP contribution in [0.1, 0.15) is 30.0 Å². The number of nitrogens with one attached hydrogen (secondary N) is 1. The largest absolute Gasteiger partial charge is 0.507 e. The van der Waals surface area contributed by atoms with Crippen molar-refractivity contribution >= 4 is 33.8 Å². The maximum absolute atomic E-state index is 10.00. The molecule has 4 rings (SSSR count). The van der Waals surface area contributed by atoms with Gasteiger partial charge in [0.25, 0.3) is 0 Å². The topological polar surface area (TPSA) is 57.5 Å². The number of nitrogens with zero attached hydrogens (tertiary/aromatic N) is 2. The zero-order valence-electron chi connectivity index (χ0n) is 14.3. The average Bonchev–Trinajstić information content (AvgIpc) is 3.30. The summed E-state index contributed by atoms with van der Waals surface area (Å²) in [6.07, 6.45) is 3.58. The van der Waals surface area contributed by atoms with Gasteiger partial charge in [0.2, 0.25) is 5.13 Å². The molecule has 4 nitrogen and oxygen atoms in total. The second-order valence-electron chi connectivity index (χ2n) is 6.35. The summed E-state index contributed by atoms with van der Waals surface area (Å²) in [5, 5.41) is 17.6. The van der Waals surface area contributed by atoms with Crippen LogP contribution in [0.2, 0.25) is 5.02 Å². The Balaban J connectivity index is 1.52. The van der Waals surface area contributed by atoms with Crippen LogP contribution < -0.4 is 5.43 Å². The van der Waals surface area contributed by atoms with Crippen molar-refractivity contribution in [3.05, 3.63) is 63.5 Å². The second kappa shape index (κ2) is 7.09. The molecule has 0 unspecified atom stereocenters. The molecule has 0 spiro atoms. The molecule has 132 valence electrons. The van der Waals surface area contributed by atoms with Crippen molar-refractivity contribution in [1.82, 2.24) is 4.98 Å². The number of phenolic OH excluding ortho intramolecular Hbond substituents is 1. The number of phenols is 1. The number of aromatic hydroxyl groups is 1. The molecular weight excluding hydrogens is 366 g/mol. The van der Waals surface area contributed by atoms with E-state index >= 15 is 0 Å². The maximum atomic E-state index is 10.00. The van der Waals surface area contributed by atoms with Gasteiger partial charge in [0.05, 0.1) is 11.4 Å². The number of fused-ring (bicyclic) bond motifs is 1. The second-order valence-corrected chi connectivity index (χ2v) is 7.64. The number of halogens is 1. The normalized spacial score (nSPS) is 13.7. The molecule has 0 saturated heterocycles. The van der Waals surface area contributed by atoms with Crippen LogP contribution in [0.4, 0.5) is 5.13 Å². The number of hydrogen-bond donors (Lipinski definition) is 2. The molecule has 0 bridgehead atoms. The number of hydrazone groups is 1. The minimum Gasteiger partial charge on any atom is -0.507 e. The lowest BCUT2D eigenvalue weighted by molar-refractivity contribution is 0.477. The average molecular weight is 384 g/mol. The number of anilines is 1. The summed E-state index contributed by atoms with van der Waals surface area (Å²) >= 11 is 7.44. The van der Waals surface area contributed by atoms with Crippen molar-refractivity contribution in [3.8, 4) is 17.0 Å². The standard InChI is InChI=1S/C20H18ClN3OS/c1-12(14-6-5-13-3-2-4-15(13)9-14)23-24-20-22-18(11-26-20)17-10-16(21)7-8-19(17)25/h5-11,25H,2-4H2,1H3,(H,22,24)/b23-12+. The number of aryl methyl sites for hydroxylation is 2. The van der Waals surface area contributed by atoms with Crippen LogP contribution in [0.5, 0.6) is 5.75 Å². The van der Waals surface area contributed by atoms with Gasteiger partial charge in [-0.3, -0.25) is 5.43 Å². The molecule has 0 amide bonds. The lowest BCUT2D eigenvalue weighted by atomic mass is 10.0. The predicted octanol–water partition coefficient (Wildman–Crippen LogP) is 5.49. The van der Waals surface area contributed by atoms with Gasteiger partial charge in [-0.1, -0.05) is 23.7 Å². The molecule has 1 aromatic heterocycles. The highest BCUT2D eigenvalue weighted by Gasteiger charge is 2.12. The quantitative estimate of drug-likeness (QED) is 0.462. The molecule has 0 aliphatic heterocycles. The van der Waals surface area contributed by atoms with Gasteiger partial charge in [-0.25, -0.2) is 4.98 Å². The summed E-state index contributed by atoms with van der Waals surface area (Å²) in [5.41, 5.74) is 9.24. The van der Waals surface area contributed by atoms with Crippen molar-refractivity contribution < 1.29 is 5.11 Å². The molecular formula is C20H18ClN3OS. The third-order valence-electron chi connectivity index (χ3n) is 4.57. The van der Waals surface area contributed by atoms with E-state index in [2.05, 4.69) is 33.7 Å². The van der Waals surface area contributed by atoms with Crippen LogP contribution in [0.15, 0.2) is 46.9 Å². The first-order chi connectivity index (χ1) is 12.6. The minimum absolute atomic E-state index is 0.157. The number of aromatic nitrogens is 1. The SMILES string of the molecule is C/C(=N\Nc1nc(-c2cc(Cl)ccc2O)cs1)c1ccc2c(c1)CCC2. The van der Waals surface area contributed by atoms with Crippen molar-refractivity contribution in [2.75, 3.05) is 5.43 Å². The van der Waals surface area contributed by atoms with E-state index in [4.69, 9.17) is 11.6 Å². The fraction of sp³-hybridized carbons (Fsp3) is 0.200. The van der Waals surface area contributed by atoms with Crippen molar-refractivity contribution in [2.45, 2.75) is 26.2 Å². The highest BCUT2D eigenvalue weighted by atomic mass is 35.5. The van der Waals surface area contributed by atoms with Gasteiger partial charge in [-0.15, -0.1) is 11.3 Å². The molecule has 0 fully saturated rings. The molecule has 0 saturated carbocycles. The molecule has 1 aliphatic carbocycles. The Bertz CT molecular complexity index is 996. The summed E-state index contributed by atoms with van der Waals surface area (Å²) < 4.78 is 0. The molecule has 3 aromatic rings. The predicted molar refractivity (Wildman–Crippen MR) is 109 cm³/mol. The van der Waals surface area contributed by atoms with E-state index in [1.54, 1.807) is 18.2 Å². The Morgan fingerprint density at radius 3 is 2.92 bits per heavy atom. The van der Waals surface area contributed by atoms with Crippen LogP contribution in [0.25, 0.3) is 11.3 Å². The Kier molecular flexibility index (Phi) is 4.66. The van der Waals surface area contributed by atoms with Gasteiger partial charge in [0.1, 0.15) is 5.75 Å². The molecule has 0 radical (unpaired) electrons. The Morgan fingerprint density at radius 2 is 2.04 bits per heavy atom. The number of benzene rings is 2. The van der Waals surface area contributed by atoms with Gasteiger partial charge in [-0.2, -0.15) is 5.10 Å². The van der Waals surface area contributed by atoms with Gasteiger partial charge in [0, 0.05) is 16.0 Å². The highest BCUT2D eigenvalue weighted by Crippen LogP contribution is 2.33. The third kappa shape index (κ3) is 3.45. The smallest absolute Gasteiger partial charge is 0.203 e. The summed E-state index contributed by atoms with van der Waals surface area (Å²) in [5.74, 6) is 0.157. The maximum Gasteiger partial charge on any atom is 0.203 e. The molecule has 26 heavy (non-hydrogen) atoms. The monoisotopic (exact) mass is 383 g/mol. The highest BCUT2D eigenvalue weighted by molar-refractivity contribution is 7.14. The first kappa shape index (κ1) is 17.1. The summed E-state index contributed by atoms with van der Waals surface area (Å²) in [6.45, 7) is 1.99. The van der Waals surface area contributed by atoms with Crippen molar-refractivity contribution in [2.24, 2.45) is 5.10 Å². The number of thiazole rings is 1. The molecule has 1 aliphatic rings. The fourth-order valence-corrected chi connectivity index (χ4v) is 3.98. The van der Waals surface area contributed by atoms with Crippen LogP contribution in [0.3, 0.4) is 0 Å². The molecule has 6 heteroatoms. The van der Waals surface area contributed by atoms with Crippen LogP contribution in [0, 0.1) is 0 Å². The van der Waals surface area contributed by atoms with Gasteiger partial charge in [-0.05, 0) is 67.1 Å². The van der Waals surface area contributed by atoms with Gasteiger partial charge in [0.15, 0.2) is 0 Å². The number of rotatable bonds is 4. The van der Waals surface area contributed by atoms with Crippen molar-refractivity contribution in [1.29, 1.82) is 0 Å². The Labute approximate surface area is 161 Å². The minimum atomic E-state index is 0.157. The fourth-order valence-electron chi connectivity index (χ4n) is 3.16. The summed E-state index contributed by atoms with van der Waals surface area (Å²) in [4.78, 5) is 4.49. The van der Waals surface area contributed by atoms with E-state index in [-0.39, 0.29) is 5.75 Å². The Hall–Kier alpha value is -2.37. The first-order valence-corrected chi connectivity index (χ1v) is 9.73. The molecule has 2 N–H and O–H groups in total. The number of hydrogen-bond acceptors (Lipinski definition) is 5. The van der Waals surface area contributed by atoms with Gasteiger partial charge >= 0.3 is 0 Å². The molecule has 1 heterocycles. The Morgan fingerprint density at radius 1 is 1.19 bits per heavy atom.